The number of hydrogen-bond donors (Lipinski definition) is 0. The third-order valence-corrected chi connectivity index (χ3v) is 4.49. The molecule has 7 heteroatoms. The molecule has 5 nitrogen and oxygen atoms in total. The second-order valence-electron chi connectivity index (χ2n) is 5.89. The van der Waals surface area contributed by atoms with E-state index in [1.807, 2.05) is 18.4 Å². The highest BCUT2D eigenvalue weighted by molar-refractivity contribution is 6.31. The maximum atomic E-state index is 13.7. The highest BCUT2D eigenvalue weighted by Gasteiger charge is 2.18. The summed E-state index contributed by atoms with van der Waals surface area (Å²) in [4.78, 5) is 24.3. The summed E-state index contributed by atoms with van der Waals surface area (Å²) in [6, 6.07) is 5.92. The summed E-state index contributed by atoms with van der Waals surface area (Å²) < 4.78 is 25.7. The van der Waals surface area contributed by atoms with Gasteiger partial charge < -0.3 is 14.0 Å². The van der Waals surface area contributed by atoms with Gasteiger partial charge in [-0.15, -0.1) is 0 Å². The first-order chi connectivity index (χ1) is 12.3. The Bertz CT molecular complexity index is 796. The summed E-state index contributed by atoms with van der Waals surface area (Å²) in [6.45, 7) is 4.48. The molecule has 0 aliphatic heterocycles. The van der Waals surface area contributed by atoms with E-state index in [9.17, 15) is 14.0 Å². The van der Waals surface area contributed by atoms with Gasteiger partial charge in [0, 0.05) is 41.2 Å². The minimum atomic E-state index is -0.710. The SMILES string of the molecule is COCCn1c(C)cc(C(=O)COC(=O)Cc2c(F)cccc2Cl)c1C. The molecule has 140 valence electrons. The van der Waals surface area contributed by atoms with Gasteiger partial charge >= 0.3 is 5.97 Å². The van der Waals surface area contributed by atoms with Crippen LogP contribution >= 0.6 is 11.6 Å². The predicted octanol–water partition coefficient (Wildman–Crippen LogP) is 3.51. The van der Waals surface area contributed by atoms with E-state index in [0.717, 1.165) is 11.4 Å². The number of aromatic nitrogens is 1. The summed E-state index contributed by atoms with van der Waals surface area (Å²) in [5.74, 6) is -1.60. The number of aryl methyl sites for hydroxylation is 1. The zero-order valence-corrected chi connectivity index (χ0v) is 15.7. The molecule has 0 spiro atoms. The quantitative estimate of drug-likeness (QED) is 0.518. The number of ether oxygens (including phenoxy) is 2. The number of esters is 1. The summed E-state index contributed by atoms with van der Waals surface area (Å²) in [7, 11) is 1.61. The van der Waals surface area contributed by atoms with Crippen molar-refractivity contribution in [3.05, 3.63) is 57.6 Å². The van der Waals surface area contributed by atoms with Crippen LogP contribution in [0.2, 0.25) is 5.02 Å². The summed E-state index contributed by atoms with van der Waals surface area (Å²) >= 11 is 5.89. The van der Waals surface area contributed by atoms with E-state index >= 15 is 0 Å². The molecule has 0 aliphatic rings. The van der Waals surface area contributed by atoms with Gasteiger partial charge in [-0.3, -0.25) is 9.59 Å². The highest BCUT2D eigenvalue weighted by Crippen LogP contribution is 2.20. The van der Waals surface area contributed by atoms with Crippen LogP contribution in [-0.4, -0.2) is 36.6 Å². The lowest BCUT2D eigenvalue weighted by atomic mass is 10.1. The van der Waals surface area contributed by atoms with Crippen LogP contribution in [0.4, 0.5) is 4.39 Å². The lowest BCUT2D eigenvalue weighted by Gasteiger charge is -2.09. The molecule has 0 fully saturated rings. The molecule has 1 aromatic carbocycles. The number of halogens is 2. The van der Waals surface area contributed by atoms with Crippen molar-refractivity contribution in [3.8, 4) is 0 Å². The molecule has 0 atom stereocenters. The monoisotopic (exact) mass is 381 g/mol. The number of hydrogen-bond acceptors (Lipinski definition) is 4. The largest absolute Gasteiger partial charge is 0.457 e. The zero-order chi connectivity index (χ0) is 19.3. The number of Topliss-reactive ketones (excluding diaryl/α,β-unsaturated/α-hetero) is 1. The van der Waals surface area contributed by atoms with Gasteiger partial charge in [-0.05, 0) is 32.0 Å². The second-order valence-corrected chi connectivity index (χ2v) is 6.30. The number of ketones is 1. The van der Waals surface area contributed by atoms with Crippen LogP contribution < -0.4 is 0 Å². The van der Waals surface area contributed by atoms with E-state index in [0.29, 0.717) is 18.7 Å². The first kappa shape index (κ1) is 20.1. The molecule has 0 saturated heterocycles. The van der Waals surface area contributed by atoms with E-state index in [4.69, 9.17) is 21.1 Å². The van der Waals surface area contributed by atoms with E-state index in [1.54, 1.807) is 13.2 Å². The molecule has 0 radical (unpaired) electrons. The molecular weight excluding hydrogens is 361 g/mol. The van der Waals surface area contributed by atoms with Crippen LogP contribution in [-0.2, 0) is 27.2 Å². The van der Waals surface area contributed by atoms with E-state index in [-0.39, 0.29) is 22.8 Å². The van der Waals surface area contributed by atoms with Gasteiger partial charge in [0.25, 0.3) is 0 Å². The van der Waals surface area contributed by atoms with Crippen LogP contribution in [0.15, 0.2) is 24.3 Å². The molecule has 0 bridgehead atoms. The van der Waals surface area contributed by atoms with Crippen molar-refractivity contribution >= 4 is 23.4 Å². The Balaban J connectivity index is 1.99. The number of carbonyl (C=O) groups excluding carboxylic acids is 2. The standard InChI is InChI=1S/C19H21ClFNO4/c1-12-9-14(13(2)22(12)7-8-25-3)18(23)11-26-19(24)10-15-16(20)5-4-6-17(15)21/h4-6,9H,7-8,10-11H2,1-3H3. The van der Waals surface area contributed by atoms with Gasteiger partial charge in [0.15, 0.2) is 6.61 Å². The fourth-order valence-electron chi connectivity index (χ4n) is 2.73. The lowest BCUT2D eigenvalue weighted by molar-refractivity contribution is -0.141. The Kier molecular flexibility index (Phi) is 6.94. The van der Waals surface area contributed by atoms with Gasteiger partial charge in [-0.25, -0.2) is 4.39 Å². The van der Waals surface area contributed by atoms with Gasteiger partial charge in [0.1, 0.15) is 5.82 Å². The Morgan fingerprint density at radius 2 is 2.00 bits per heavy atom. The average Bonchev–Trinajstić information content (AvgIpc) is 2.88. The molecule has 0 amide bonds. The van der Waals surface area contributed by atoms with E-state index in [1.165, 1.54) is 18.2 Å². The van der Waals surface area contributed by atoms with Gasteiger partial charge in [0.2, 0.25) is 5.78 Å². The van der Waals surface area contributed by atoms with Crippen LogP contribution in [0, 0.1) is 19.7 Å². The molecule has 0 N–H and O–H groups in total. The normalized spacial score (nSPS) is 10.8. The Hall–Kier alpha value is -2.18. The summed E-state index contributed by atoms with van der Waals surface area (Å²) in [5.41, 5.74) is 2.27. The molecule has 0 saturated carbocycles. The van der Waals surface area contributed by atoms with Crippen LogP contribution in [0.5, 0.6) is 0 Å². The minimum absolute atomic E-state index is 0.0596. The van der Waals surface area contributed by atoms with Crippen molar-refractivity contribution in [3.63, 3.8) is 0 Å². The topological polar surface area (TPSA) is 57.5 Å². The van der Waals surface area contributed by atoms with Crippen molar-refractivity contribution in [1.82, 2.24) is 4.57 Å². The summed E-state index contributed by atoms with van der Waals surface area (Å²) in [6.07, 6.45) is -0.328. The van der Waals surface area contributed by atoms with Crippen molar-refractivity contribution < 1.29 is 23.5 Å². The second kappa shape index (κ2) is 8.96. The van der Waals surface area contributed by atoms with Gasteiger partial charge in [-0.1, -0.05) is 17.7 Å². The molecule has 1 heterocycles. The number of methoxy groups -OCH3 is 1. The van der Waals surface area contributed by atoms with Crippen LogP contribution in [0.1, 0.15) is 27.3 Å². The molecular formula is C19H21ClFNO4. The van der Waals surface area contributed by atoms with Crippen molar-refractivity contribution in [2.24, 2.45) is 0 Å². The number of rotatable bonds is 8. The average molecular weight is 382 g/mol. The van der Waals surface area contributed by atoms with Crippen LogP contribution in [0.25, 0.3) is 0 Å². The first-order valence-corrected chi connectivity index (χ1v) is 8.50. The van der Waals surface area contributed by atoms with Crippen molar-refractivity contribution in [1.29, 1.82) is 0 Å². The van der Waals surface area contributed by atoms with Crippen molar-refractivity contribution in [2.75, 3.05) is 20.3 Å². The molecule has 0 unspecified atom stereocenters. The number of carbonyl (C=O) groups is 2. The molecule has 26 heavy (non-hydrogen) atoms. The zero-order valence-electron chi connectivity index (χ0n) is 15.0. The van der Waals surface area contributed by atoms with Gasteiger partial charge in [0.05, 0.1) is 13.0 Å². The lowest BCUT2D eigenvalue weighted by Crippen LogP contribution is -2.17. The fourth-order valence-corrected chi connectivity index (χ4v) is 2.96. The molecule has 2 aromatic rings. The maximum absolute atomic E-state index is 13.7. The maximum Gasteiger partial charge on any atom is 0.310 e. The number of nitrogens with zero attached hydrogens (tertiary/aromatic N) is 1. The molecule has 1 aromatic heterocycles. The third kappa shape index (κ3) is 4.71. The summed E-state index contributed by atoms with van der Waals surface area (Å²) in [5, 5.41) is 0.148. The first-order valence-electron chi connectivity index (χ1n) is 8.12. The highest BCUT2D eigenvalue weighted by atomic mass is 35.5. The van der Waals surface area contributed by atoms with E-state index < -0.39 is 18.4 Å². The van der Waals surface area contributed by atoms with Crippen LogP contribution in [0.3, 0.4) is 0 Å². The number of benzene rings is 1. The smallest absolute Gasteiger partial charge is 0.310 e. The Morgan fingerprint density at radius 3 is 2.65 bits per heavy atom. The Labute approximate surface area is 156 Å². The van der Waals surface area contributed by atoms with Crippen molar-refractivity contribution in [2.45, 2.75) is 26.8 Å². The molecule has 0 aliphatic carbocycles. The van der Waals surface area contributed by atoms with E-state index in [2.05, 4.69) is 0 Å². The minimum Gasteiger partial charge on any atom is -0.457 e. The predicted molar refractivity (Wildman–Crippen MR) is 96.2 cm³/mol. The van der Waals surface area contributed by atoms with Gasteiger partial charge in [-0.2, -0.15) is 0 Å². The third-order valence-electron chi connectivity index (χ3n) is 4.14. The Morgan fingerprint density at radius 1 is 1.27 bits per heavy atom. The fraction of sp³-hybridized carbons (Fsp3) is 0.368. The molecule has 2 rings (SSSR count).